The lowest BCUT2D eigenvalue weighted by atomic mass is 10.1. The van der Waals surface area contributed by atoms with Gasteiger partial charge in [-0.3, -0.25) is 29.0 Å². The van der Waals surface area contributed by atoms with E-state index in [0.717, 1.165) is 0 Å². The van der Waals surface area contributed by atoms with Crippen molar-refractivity contribution >= 4 is 66.8 Å². The van der Waals surface area contributed by atoms with Crippen LogP contribution < -0.4 is 38.5 Å². The van der Waals surface area contributed by atoms with Crippen molar-refractivity contribution in [2.45, 2.75) is 43.4 Å². The van der Waals surface area contributed by atoms with Gasteiger partial charge in [-0.05, 0) is 12.8 Å². The zero-order valence-corrected chi connectivity index (χ0v) is 21.0. The summed E-state index contributed by atoms with van der Waals surface area (Å²) in [5.74, 6) is -6.71. The first kappa shape index (κ1) is 32.8. The van der Waals surface area contributed by atoms with Crippen molar-refractivity contribution in [2.24, 2.45) is 22.2 Å². The summed E-state index contributed by atoms with van der Waals surface area (Å²) in [4.78, 5) is 75.1. The normalized spacial score (nSPS) is 13.8. The van der Waals surface area contributed by atoms with Gasteiger partial charge in [0.15, 0.2) is 5.96 Å². The lowest BCUT2D eigenvalue weighted by molar-refractivity contribution is -0.143. The maximum Gasteiger partial charge on any atom is 0.327 e. The van der Waals surface area contributed by atoms with Crippen LogP contribution in [-0.4, -0.2) is 101 Å². The van der Waals surface area contributed by atoms with Crippen LogP contribution >= 0.6 is 25.3 Å². The minimum absolute atomic E-state index is 0.0135. The van der Waals surface area contributed by atoms with E-state index in [1.54, 1.807) is 0 Å². The lowest BCUT2D eigenvalue weighted by Gasteiger charge is -2.21. The van der Waals surface area contributed by atoms with Gasteiger partial charge in [0, 0.05) is 18.1 Å². The number of carboxylic acid groups (broad SMARTS) is 2. The fraction of sp³-hybridized carbons (Fsp3) is 0.611. The molecule has 0 saturated carbocycles. The third kappa shape index (κ3) is 13.6. The smallest absolute Gasteiger partial charge is 0.327 e. The van der Waals surface area contributed by atoms with Crippen LogP contribution in [0.5, 0.6) is 0 Å². The number of rotatable bonds is 17. The minimum atomic E-state index is -1.63. The molecule has 36 heavy (non-hydrogen) atoms. The molecule has 0 aliphatic heterocycles. The molecule has 0 saturated heterocycles. The molecular formula is C18H32N8O8S2. The predicted molar refractivity (Wildman–Crippen MR) is 134 cm³/mol. The van der Waals surface area contributed by atoms with E-state index >= 15 is 0 Å². The molecule has 4 amide bonds. The Bertz CT molecular complexity index is 840. The highest BCUT2D eigenvalue weighted by Gasteiger charge is 2.28. The van der Waals surface area contributed by atoms with Gasteiger partial charge < -0.3 is 48.7 Å². The van der Waals surface area contributed by atoms with E-state index in [0.29, 0.717) is 0 Å². The second-order valence-electron chi connectivity index (χ2n) is 7.32. The number of hydrogen-bond acceptors (Lipinski definition) is 10. The van der Waals surface area contributed by atoms with Crippen LogP contribution in [0.25, 0.3) is 0 Å². The summed E-state index contributed by atoms with van der Waals surface area (Å²) in [6.07, 6.45) is -0.482. The molecule has 0 unspecified atom stereocenters. The maximum atomic E-state index is 12.6. The number of carbonyl (C=O) groups is 6. The number of thiol groups is 2. The molecule has 204 valence electrons. The number of nitrogens with two attached hydrogens (primary N) is 3. The number of hydrogen-bond donors (Lipinski definition) is 11. The van der Waals surface area contributed by atoms with Gasteiger partial charge in [0.05, 0.1) is 19.0 Å². The fourth-order valence-electron chi connectivity index (χ4n) is 2.51. The van der Waals surface area contributed by atoms with E-state index in [2.05, 4.69) is 51.5 Å². The van der Waals surface area contributed by atoms with Crippen molar-refractivity contribution < 1.29 is 39.0 Å². The van der Waals surface area contributed by atoms with Crippen molar-refractivity contribution in [1.82, 2.24) is 21.3 Å². The van der Waals surface area contributed by atoms with Crippen LogP contribution in [0.3, 0.4) is 0 Å². The monoisotopic (exact) mass is 552 g/mol. The van der Waals surface area contributed by atoms with Crippen LogP contribution in [0, 0.1) is 0 Å². The number of amides is 4. The van der Waals surface area contributed by atoms with Crippen LogP contribution in [0.2, 0.25) is 0 Å². The summed E-state index contributed by atoms with van der Waals surface area (Å²) in [5.41, 5.74) is 16.1. The van der Waals surface area contributed by atoms with E-state index < -0.39 is 72.7 Å². The van der Waals surface area contributed by atoms with E-state index in [9.17, 15) is 28.8 Å². The molecule has 0 spiro atoms. The Hall–Kier alpha value is -3.25. The first-order valence-corrected chi connectivity index (χ1v) is 11.7. The van der Waals surface area contributed by atoms with Crippen LogP contribution in [0.1, 0.15) is 19.3 Å². The number of nitrogens with zero attached hydrogens (tertiary/aromatic N) is 1. The number of aliphatic carboxylic acids is 2. The summed E-state index contributed by atoms with van der Waals surface area (Å²) in [7, 11) is 0. The molecule has 0 rings (SSSR count). The molecule has 16 nitrogen and oxygen atoms in total. The SMILES string of the molecule is NC(N)=NCCC[C@H](NC(=O)[C@@H](N)CS)C(=O)NCC(=O)N[C@@H](CC(=O)O)C(=O)N[C@@H](CS)C(=O)O. The van der Waals surface area contributed by atoms with E-state index in [1.807, 2.05) is 0 Å². The molecule has 0 fully saturated rings. The molecule has 0 heterocycles. The van der Waals surface area contributed by atoms with Gasteiger partial charge in [-0.15, -0.1) is 0 Å². The summed E-state index contributed by atoms with van der Waals surface area (Å²) in [6, 6.07) is -5.15. The van der Waals surface area contributed by atoms with Gasteiger partial charge in [0.2, 0.25) is 23.6 Å². The average molecular weight is 553 g/mol. The largest absolute Gasteiger partial charge is 0.481 e. The molecule has 12 N–H and O–H groups in total. The molecule has 0 bridgehead atoms. The summed E-state index contributed by atoms with van der Waals surface area (Å²) < 4.78 is 0. The third-order valence-electron chi connectivity index (χ3n) is 4.36. The van der Waals surface area contributed by atoms with Crippen molar-refractivity contribution in [2.75, 3.05) is 24.6 Å². The maximum absolute atomic E-state index is 12.6. The van der Waals surface area contributed by atoms with Crippen LogP contribution in [0.15, 0.2) is 4.99 Å². The van der Waals surface area contributed by atoms with Crippen molar-refractivity contribution in [1.29, 1.82) is 0 Å². The molecule has 0 aliphatic rings. The Morgan fingerprint density at radius 1 is 0.833 bits per heavy atom. The molecular weight excluding hydrogens is 520 g/mol. The lowest BCUT2D eigenvalue weighted by Crippen LogP contribution is -2.55. The second-order valence-corrected chi connectivity index (χ2v) is 8.05. The molecule has 0 aromatic rings. The average Bonchev–Trinajstić information content (AvgIpc) is 2.80. The zero-order chi connectivity index (χ0) is 27.8. The topological polar surface area (TPSA) is 281 Å². The van der Waals surface area contributed by atoms with Crippen molar-refractivity contribution in [3.63, 3.8) is 0 Å². The van der Waals surface area contributed by atoms with E-state index in [-0.39, 0.29) is 36.9 Å². The van der Waals surface area contributed by atoms with Gasteiger partial charge >= 0.3 is 11.9 Å². The first-order chi connectivity index (χ1) is 16.8. The number of carbonyl (C=O) groups excluding carboxylic acids is 4. The van der Waals surface area contributed by atoms with Gasteiger partial charge in [-0.25, -0.2) is 4.79 Å². The van der Waals surface area contributed by atoms with E-state index in [1.165, 1.54) is 0 Å². The summed E-state index contributed by atoms with van der Waals surface area (Å²) in [5, 5.41) is 26.9. The molecule has 18 heteroatoms. The van der Waals surface area contributed by atoms with Gasteiger partial charge in [0.25, 0.3) is 0 Å². The quantitative estimate of drug-likeness (QED) is 0.0353. The zero-order valence-electron chi connectivity index (χ0n) is 19.2. The van der Waals surface area contributed by atoms with Gasteiger partial charge in [0.1, 0.15) is 18.1 Å². The summed E-state index contributed by atoms with van der Waals surface area (Å²) >= 11 is 7.71. The second kappa shape index (κ2) is 17.2. The molecule has 0 aliphatic carbocycles. The third-order valence-corrected chi connectivity index (χ3v) is 5.12. The van der Waals surface area contributed by atoms with Crippen LogP contribution in [0.4, 0.5) is 0 Å². The Kier molecular flexibility index (Phi) is 15.7. The van der Waals surface area contributed by atoms with Crippen molar-refractivity contribution in [3.8, 4) is 0 Å². The number of aliphatic imine (C=N–C) groups is 1. The standard InChI is InChI=1S/C18H32N8O8S2/c19-8(6-35)14(30)25-9(2-1-3-22-18(20)21)15(31)23-5-12(27)24-10(4-13(28)29)16(32)26-11(7-36)17(33)34/h8-11,35-36H,1-7,19H2,(H,23,31)(H,24,27)(H,25,30)(H,26,32)(H,28,29)(H,33,34)(H4,20,21,22)/t8-,9-,10-,11-/m0/s1. The van der Waals surface area contributed by atoms with Crippen LogP contribution in [-0.2, 0) is 28.8 Å². The van der Waals surface area contributed by atoms with Gasteiger partial charge in [-0.2, -0.15) is 25.3 Å². The Balaban J connectivity index is 5.18. The first-order valence-electron chi connectivity index (χ1n) is 10.5. The predicted octanol–water partition coefficient (Wildman–Crippen LogP) is -4.64. The highest BCUT2D eigenvalue weighted by Crippen LogP contribution is 2.01. The minimum Gasteiger partial charge on any atom is -0.481 e. The van der Waals surface area contributed by atoms with Crippen molar-refractivity contribution in [3.05, 3.63) is 0 Å². The Morgan fingerprint density at radius 3 is 1.94 bits per heavy atom. The van der Waals surface area contributed by atoms with E-state index in [4.69, 9.17) is 27.4 Å². The summed E-state index contributed by atoms with van der Waals surface area (Å²) in [6.45, 7) is -0.521. The molecule has 4 atom stereocenters. The molecule has 0 aromatic heterocycles. The highest BCUT2D eigenvalue weighted by molar-refractivity contribution is 7.80. The highest BCUT2D eigenvalue weighted by atomic mass is 32.1. The number of carboxylic acids is 2. The van der Waals surface area contributed by atoms with Gasteiger partial charge in [-0.1, -0.05) is 0 Å². The molecule has 0 aromatic carbocycles. The molecule has 0 radical (unpaired) electrons. The fourth-order valence-corrected chi connectivity index (χ4v) is 2.92. The Morgan fingerprint density at radius 2 is 1.44 bits per heavy atom. The number of guanidine groups is 1. The number of nitrogens with one attached hydrogen (secondary N) is 4. The Labute approximate surface area is 217 Å².